The Labute approximate surface area is 93.1 Å². The molecule has 0 radical (unpaired) electrons. The van der Waals surface area contributed by atoms with Gasteiger partial charge in [-0.15, -0.1) is 0 Å². The largest absolute Gasteiger partial charge is 0.298 e. The van der Waals surface area contributed by atoms with Crippen LogP contribution in [0.2, 0.25) is 0 Å². The highest BCUT2D eigenvalue weighted by atomic mass is 79.9. The van der Waals surface area contributed by atoms with E-state index in [9.17, 15) is 0 Å². The van der Waals surface area contributed by atoms with Gasteiger partial charge in [-0.2, -0.15) is 5.26 Å². The Morgan fingerprint density at radius 1 is 1.57 bits per heavy atom. The number of hydrogen-bond acceptors (Lipinski definition) is 2. The average Bonchev–Trinajstić information content (AvgIpc) is 2.19. The number of nitrogens with one attached hydrogen (secondary N) is 1. The van der Waals surface area contributed by atoms with Crippen molar-refractivity contribution in [2.24, 2.45) is 0 Å². The highest BCUT2D eigenvalue weighted by Crippen LogP contribution is 2.21. The van der Waals surface area contributed by atoms with Crippen LogP contribution in [0.25, 0.3) is 0 Å². The van der Waals surface area contributed by atoms with Crippen molar-refractivity contribution in [2.75, 3.05) is 6.54 Å². The molecule has 0 amide bonds. The van der Waals surface area contributed by atoms with E-state index in [0.29, 0.717) is 0 Å². The van der Waals surface area contributed by atoms with Crippen molar-refractivity contribution in [1.82, 2.24) is 5.32 Å². The summed E-state index contributed by atoms with van der Waals surface area (Å²) in [6.07, 6.45) is 0. The molecule has 0 saturated carbocycles. The van der Waals surface area contributed by atoms with Crippen molar-refractivity contribution in [3.63, 3.8) is 0 Å². The predicted molar refractivity (Wildman–Crippen MR) is 60.9 cm³/mol. The Kier molecular flexibility index (Phi) is 4.12. The fourth-order valence-corrected chi connectivity index (χ4v) is 1.63. The van der Waals surface area contributed by atoms with Crippen LogP contribution in [0, 0.1) is 18.3 Å². The lowest BCUT2D eigenvalue weighted by molar-refractivity contribution is 0.658. The standard InChI is InChI=1S/C11H13BrN2/c1-3-14-11(7-13)9-5-4-8(2)10(12)6-9/h4-6,11,14H,3H2,1-2H3. The zero-order chi connectivity index (χ0) is 10.6. The first-order valence-corrected chi connectivity index (χ1v) is 5.37. The van der Waals surface area contributed by atoms with Crippen LogP contribution in [0.5, 0.6) is 0 Å². The van der Waals surface area contributed by atoms with Gasteiger partial charge in [-0.1, -0.05) is 35.0 Å². The summed E-state index contributed by atoms with van der Waals surface area (Å²) in [5, 5.41) is 12.1. The van der Waals surface area contributed by atoms with Crippen LogP contribution in [0.4, 0.5) is 0 Å². The van der Waals surface area contributed by atoms with Crippen LogP contribution < -0.4 is 5.32 Å². The lowest BCUT2D eigenvalue weighted by Crippen LogP contribution is -2.19. The Bertz CT molecular complexity index is 355. The first-order chi connectivity index (χ1) is 6.69. The van der Waals surface area contributed by atoms with Gasteiger partial charge < -0.3 is 0 Å². The van der Waals surface area contributed by atoms with Gasteiger partial charge in [-0.3, -0.25) is 5.32 Å². The van der Waals surface area contributed by atoms with Crippen LogP contribution in [-0.4, -0.2) is 6.54 Å². The molecule has 0 bridgehead atoms. The summed E-state index contributed by atoms with van der Waals surface area (Å²) in [6, 6.07) is 8.01. The normalized spacial score (nSPS) is 12.1. The van der Waals surface area contributed by atoms with Crippen LogP contribution in [-0.2, 0) is 0 Å². The first-order valence-electron chi connectivity index (χ1n) is 4.58. The number of halogens is 1. The van der Waals surface area contributed by atoms with E-state index in [1.165, 1.54) is 5.56 Å². The van der Waals surface area contributed by atoms with Gasteiger partial charge in [0.1, 0.15) is 6.04 Å². The van der Waals surface area contributed by atoms with E-state index < -0.39 is 0 Å². The maximum atomic E-state index is 8.94. The summed E-state index contributed by atoms with van der Waals surface area (Å²) in [6.45, 7) is 4.82. The molecule has 2 nitrogen and oxygen atoms in total. The average molecular weight is 253 g/mol. The van der Waals surface area contributed by atoms with Gasteiger partial charge >= 0.3 is 0 Å². The first kappa shape index (κ1) is 11.2. The summed E-state index contributed by atoms with van der Waals surface area (Å²) < 4.78 is 1.05. The molecule has 0 aromatic heterocycles. The number of rotatable bonds is 3. The Balaban J connectivity index is 2.95. The molecule has 0 spiro atoms. The summed E-state index contributed by atoms with van der Waals surface area (Å²) in [7, 11) is 0. The minimum absolute atomic E-state index is 0.211. The molecule has 0 aliphatic heterocycles. The van der Waals surface area contributed by atoms with E-state index in [1.807, 2.05) is 32.0 Å². The van der Waals surface area contributed by atoms with E-state index in [-0.39, 0.29) is 6.04 Å². The second-order valence-corrected chi connectivity index (χ2v) is 3.98. The maximum Gasteiger partial charge on any atom is 0.121 e. The maximum absolute atomic E-state index is 8.94. The van der Waals surface area contributed by atoms with Gasteiger partial charge in [-0.25, -0.2) is 0 Å². The number of hydrogen-bond donors (Lipinski definition) is 1. The van der Waals surface area contributed by atoms with E-state index in [0.717, 1.165) is 16.6 Å². The third-order valence-electron chi connectivity index (χ3n) is 2.07. The fraction of sp³-hybridized carbons (Fsp3) is 0.364. The molecule has 1 N–H and O–H groups in total. The number of benzene rings is 1. The van der Waals surface area contributed by atoms with E-state index in [2.05, 4.69) is 27.3 Å². The smallest absolute Gasteiger partial charge is 0.121 e. The second-order valence-electron chi connectivity index (χ2n) is 3.13. The third-order valence-corrected chi connectivity index (χ3v) is 2.92. The Morgan fingerprint density at radius 2 is 2.29 bits per heavy atom. The molecule has 1 aromatic carbocycles. The van der Waals surface area contributed by atoms with Crippen molar-refractivity contribution in [1.29, 1.82) is 5.26 Å². The highest BCUT2D eigenvalue weighted by molar-refractivity contribution is 9.10. The summed E-state index contributed by atoms with van der Waals surface area (Å²) in [4.78, 5) is 0. The van der Waals surface area contributed by atoms with Gasteiger partial charge in [0.05, 0.1) is 6.07 Å². The lowest BCUT2D eigenvalue weighted by Gasteiger charge is -2.11. The van der Waals surface area contributed by atoms with Gasteiger partial charge in [0.25, 0.3) is 0 Å². The Hall–Kier alpha value is -0.850. The molecule has 3 heteroatoms. The summed E-state index contributed by atoms with van der Waals surface area (Å²) in [5.41, 5.74) is 2.19. The molecule has 14 heavy (non-hydrogen) atoms. The summed E-state index contributed by atoms with van der Waals surface area (Å²) >= 11 is 3.46. The van der Waals surface area contributed by atoms with Crippen molar-refractivity contribution in [2.45, 2.75) is 19.9 Å². The Morgan fingerprint density at radius 3 is 2.79 bits per heavy atom. The quantitative estimate of drug-likeness (QED) is 0.898. The molecular weight excluding hydrogens is 240 g/mol. The fourth-order valence-electron chi connectivity index (χ4n) is 1.23. The molecule has 1 aromatic rings. The van der Waals surface area contributed by atoms with E-state index in [4.69, 9.17) is 5.26 Å². The predicted octanol–water partition coefficient (Wildman–Crippen LogP) is 2.93. The lowest BCUT2D eigenvalue weighted by atomic mass is 10.1. The molecule has 0 aliphatic carbocycles. The zero-order valence-corrected chi connectivity index (χ0v) is 9.93. The second kappa shape index (κ2) is 5.14. The zero-order valence-electron chi connectivity index (χ0n) is 8.34. The van der Waals surface area contributed by atoms with E-state index >= 15 is 0 Å². The van der Waals surface area contributed by atoms with Gasteiger partial charge in [0.15, 0.2) is 0 Å². The highest BCUT2D eigenvalue weighted by Gasteiger charge is 2.09. The van der Waals surface area contributed by atoms with Crippen LogP contribution in [0.3, 0.4) is 0 Å². The van der Waals surface area contributed by atoms with Crippen molar-refractivity contribution >= 4 is 15.9 Å². The molecular formula is C11H13BrN2. The van der Waals surface area contributed by atoms with Crippen molar-refractivity contribution in [3.05, 3.63) is 33.8 Å². The molecule has 0 aliphatic rings. The molecule has 1 unspecified atom stereocenters. The molecule has 0 fully saturated rings. The summed E-state index contributed by atoms with van der Waals surface area (Å²) in [5.74, 6) is 0. The van der Waals surface area contributed by atoms with Crippen molar-refractivity contribution < 1.29 is 0 Å². The third kappa shape index (κ3) is 2.57. The SMILES string of the molecule is CCNC(C#N)c1ccc(C)c(Br)c1. The molecule has 1 rings (SSSR count). The van der Waals surface area contributed by atoms with Gasteiger partial charge in [-0.05, 0) is 30.7 Å². The van der Waals surface area contributed by atoms with Crippen LogP contribution >= 0.6 is 15.9 Å². The number of nitrogens with zero attached hydrogens (tertiary/aromatic N) is 1. The molecule has 74 valence electrons. The van der Waals surface area contributed by atoms with E-state index in [1.54, 1.807) is 0 Å². The molecule has 0 heterocycles. The molecule has 1 atom stereocenters. The van der Waals surface area contributed by atoms with Crippen LogP contribution in [0.1, 0.15) is 24.1 Å². The monoisotopic (exact) mass is 252 g/mol. The minimum atomic E-state index is -0.211. The van der Waals surface area contributed by atoms with Crippen LogP contribution in [0.15, 0.2) is 22.7 Å². The molecule has 0 saturated heterocycles. The van der Waals surface area contributed by atoms with Gasteiger partial charge in [0, 0.05) is 4.47 Å². The van der Waals surface area contributed by atoms with Crippen molar-refractivity contribution in [3.8, 4) is 6.07 Å². The number of aryl methyl sites for hydroxylation is 1. The number of nitriles is 1. The van der Waals surface area contributed by atoms with Gasteiger partial charge in [0.2, 0.25) is 0 Å². The minimum Gasteiger partial charge on any atom is -0.298 e. The topological polar surface area (TPSA) is 35.8 Å².